The van der Waals surface area contributed by atoms with E-state index in [-0.39, 0.29) is 11.1 Å². The van der Waals surface area contributed by atoms with Gasteiger partial charge >= 0.3 is 11.9 Å². The first kappa shape index (κ1) is 24.5. The molecule has 2 N–H and O–H groups in total. The first-order chi connectivity index (χ1) is 17.5. The van der Waals surface area contributed by atoms with Gasteiger partial charge in [0.05, 0.1) is 24.3 Å². The highest BCUT2D eigenvalue weighted by atomic mass is 16.5. The fourth-order valence-electron chi connectivity index (χ4n) is 3.68. The molecule has 0 saturated heterocycles. The minimum Gasteiger partial charge on any atom is -0.494 e. The van der Waals surface area contributed by atoms with Crippen LogP contribution >= 0.6 is 0 Å². The molecule has 4 rings (SSSR count). The van der Waals surface area contributed by atoms with E-state index in [1.165, 1.54) is 0 Å². The first-order valence-corrected chi connectivity index (χ1v) is 11.6. The normalized spacial score (nSPS) is 10.6. The van der Waals surface area contributed by atoms with Crippen LogP contribution in [-0.2, 0) is 0 Å². The summed E-state index contributed by atoms with van der Waals surface area (Å²) in [5, 5.41) is 18.0. The van der Waals surface area contributed by atoms with Gasteiger partial charge in [-0.1, -0.05) is 48.5 Å². The Morgan fingerprint density at radius 2 is 0.750 bits per heavy atom. The van der Waals surface area contributed by atoms with E-state index >= 15 is 0 Å². The SMILES string of the molecule is O=C(O)c1ccc(-c2ccc(OCCCCOc3ccc(-c4ccc(C(=O)O)cc4)cc3)cc2)cc1. The van der Waals surface area contributed by atoms with E-state index in [2.05, 4.69) is 0 Å². The molecular weight excluding hydrogens is 456 g/mol. The van der Waals surface area contributed by atoms with Crippen LogP contribution in [0.5, 0.6) is 11.5 Å². The largest absolute Gasteiger partial charge is 0.494 e. The first-order valence-electron chi connectivity index (χ1n) is 11.6. The molecule has 6 nitrogen and oxygen atoms in total. The maximum atomic E-state index is 11.0. The Balaban J connectivity index is 1.16. The van der Waals surface area contributed by atoms with Gasteiger partial charge in [0.2, 0.25) is 0 Å². The number of unbranched alkanes of at least 4 members (excludes halogenated alkanes) is 1. The van der Waals surface area contributed by atoms with Crippen molar-refractivity contribution >= 4 is 11.9 Å². The van der Waals surface area contributed by atoms with Gasteiger partial charge in [-0.25, -0.2) is 9.59 Å². The number of ether oxygens (including phenoxy) is 2. The van der Waals surface area contributed by atoms with E-state index in [4.69, 9.17) is 19.7 Å². The van der Waals surface area contributed by atoms with Gasteiger partial charge in [-0.05, 0) is 83.6 Å². The van der Waals surface area contributed by atoms with Crippen molar-refractivity contribution < 1.29 is 29.3 Å². The van der Waals surface area contributed by atoms with Crippen molar-refractivity contribution in [3.8, 4) is 33.8 Å². The fraction of sp³-hybridized carbons (Fsp3) is 0.133. The molecule has 0 bridgehead atoms. The molecule has 0 aliphatic rings. The average molecular weight is 483 g/mol. The van der Waals surface area contributed by atoms with Crippen LogP contribution < -0.4 is 9.47 Å². The summed E-state index contributed by atoms with van der Waals surface area (Å²) >= 11 is 0. The molecule has 6 heteroatoms. The third-order valence-electron chi connectivity index (χ3n) is 5.72. The van der Waals surface area contributed by atoms with Gasteiger partial charge in [-0.2, -0.15) is 0 Å². The minimum absolute atomic E-state index is 0.268. The van der Waals surface area contributed by atoms with Crippen LogP contribution in [0.4, 0.5) is 0 Å². The van der Waals surface area contributed by atoms with Crippen molar-refractivity contribution in [2.45, 2.75) is 12.8 Å². The Kier molecular flexibility index (Phi) is 7.98. The van der Waals surface area contributed by atoms with Crippen LogP contribution in [0.3, 0.4) is 0 Å². The van der Waals surface area contributed by atoms with E-state index < -0.39 is 11.9 Å². The lowest BCUT2D eigenvalue weighted by atomic mass is 10.0. The molecule has 0 radical (unpaired) electrons. The zero-order valence-electron chi connectivity index (χ0n) is 19.6. The Bertz CT molecular complexity index is 1190. The number of rotatable bonds is 11. The summed E-state index contributed by atoms with van der Waals surface area (Å²) < 4.78 is 11.6. The van der Waals surface area contributed by atoms with Gasteiger partial charge in [0, 0.05) is 0 Å². The number of hydrogen-bond acceptors (Lipinski definition) is 4. The second-order valence-electron chi connectivity index (χ2n) is 8.22. The summed E-state index contributed by atoms with van der Waals surface area (Å²) in [6, 6.07) is 29.0. The Labute approximate surface area is 209 Å². The number of carboxylic acid groups (broad SMARTS) is 2. The molecule has 0 atom stereocenters. The average Bonchev–Trinajstić information content (AvgIpc) is 2.91. The lowest BCUT2D eigenvalue weighted by Gasteiger charge is -2.09. The minimum atomic E-state index is -0.935. The van der Waals surface area contributed by atoms with Crippen molar-refractivity contribution in [1.29, 1.82) is 0 Å². The lowest BCUT2D eigenvalue weighted by Crippen LogP contribution is -2.02. The van der Waals surface area contributed by atoms with E-state index in [1.54, 1.807) is 48.5 Å². The molecule has 0 saturated carbocycles. The van der Waals surface area contributed by atoms with Crippen LogP contribution in [0.1, 0.15) is 33.6 Å². The molecule has 0 heterocycles. The fourth-order valence-corrected chi connectivity index (χ4v) is 3.68. The summed E-state index contributed by atoms with van der Waals surface area (Å²) in [4.78, 5) is 22.0. The Morgan fingerprint density at radius 1 is 0.472 bits per heavy atom. The molecule has 0 unspecified atom stereocenters. The van der Waals surface area contributed by atoms with Crippen LogP contribution in [0.25, 0.3) is 22.3 Å². The van der Waals surface area contributed by atoms with Gasteiger partial charge in [0.1, 0.15) is 11.5 Å². The molecule has 0 amide bonds. The van der Waals surface area contributed by atoms with E-state index in [1.807, 2.05) is 48.5 Å². The zero-order chi connectivity index (χ0) is 25.3. The van der Waals surface area contributed by atoms with Crippen molar-refractivity contribution in [2.24, 2.45) is 0 Å². The standard InChI is InChI=1S/C30H26O6/c31-29(32)25-7-3-21(4-8-25)23-11-15-27(16-12-23)35-19-1-2-20-36-28-17-13-24(14-18-28)22-5-9-26(10-6-22)30(33)34/h3-18H,1-2,19-20H2,(H,31,32)(H,33,34). The summed E-state index contributed by atoms with van der Waals surface area (Å²) in [5.74, 6) is -0.297. The van der Waals surface area contributed by atoms with E-state index in [0.717, 1.165) is 46.6 Å². The van der Waals surface area contributed by atoms with Gasteiger partial charge < -0.3 is 19.7 Å². The van der Waals surface area contributed by atoms with E-state index in [9.17, 15) is 9.59 Å². The molecular formula is C30H26O6. The molecule has 0 fully saturated rings. The molecule has 182 valence electrons. The maximum absolute atomic E-state index is 11.0. The summed E-state index contributed by atoms with van der Waals surface area (Å²) in [7, 11) is 0. The molecule has 0 aromatic heterocycles. The number of carbonyl (C=O) groups is 2. The van der Waals surface area contributed by atoms with Gasteiger partial charge in [0.25, 0.3) is 0 Å². The predicted molar refractivity (Wildman–Crippen MR) is 138 cm³/mol. The lowest BCUT2D eigenvalue weighted by molar-refractivity contribution is 0.0686. The molecule has 36 heavy (non-hydrogen) atoms. The molecule has 4 aromatic carbocycles. The van der Waals surface area contributed by atoms with Gasteiger partial charge in [-0.15, -0.1) is 0 Å². The predicted octanol–water partition coefficient (Wildman–Crippen LogP) is 6.66. The highest BCUT2D eigenvalue weighted by Gasteiger charge is 2.05. The third kappa shape index (κ3) is 6.51. The summed E-state index contributed by atoms with van der Waals surface area (Å²) in [5.41, 5.74) is 4.43. The number of carboxylic acids is 2. The van der Waals surface area contributed by atoms with Gasteiger partial charge in [0.15, 0.2) is 0 Å². The Morgan fingerprint density at radius 3 is 1.03 bits per heavy atom. The molecule has 4 aromatic rings. The van der Waals surface area contributed by atoms with Crippen molar-refractivity contribution in [2.75, 3.05) is 13.2 Å². The van der Waals surface area contributed by atoms with Crippen LogP contribution in [-0.4, -0.2) is 35.4 Å². The van der Waals surface area contributed by atoms with E-state index in [0.29, 0.717) is 13.2 Å². The van der Waals surface area contributed by atoms with Crippen LogP contribution in [0.2, 0.25) is 0 Å². The van der Waals surface area contributed by atoms with Crippen LogP contribution in [0, 0.1) is 0 Å². The van der Waals surface area contributed by atoms with Crippen molar-refractivity contribution in [3.63, 3.8) is 0 Å². The topological polar surface area (TPSA) is 93.1 Å². The highest BCUT2D eigenvalue weighted by Crippen LogP contribution is 2.24. The second kappa shape index (κ2) is 11.7. The smallest absolute Gasteiger partial charge is 0.335 e. The molecule has 0 aliphatic carbocycles. The number of aromatic carboxylic acids is 2. The highest BCUT2D eigenvalue weighted by molar-refractivity contribution is 5.88. The Hall–Kier alpha value is -4.58. The quantitative estimate of drug-likeness (QED) is 0.232. The van der Waals surface area contributed by atoms with Crippen molar-refractivity contribution in [1.82, 2.24) is 0 Å². The zero-order valence-corrected chi connectivity index (χ0v) is 19.6. The monoisotopic (exact) mass is 482 g/mol. The molecule has 0 aliphatic heterocycles. The van der Waals surface area contributed by atoms with Crippen LogP contribution in [0.15, 0.2) is 97.1 Å². The third-order valence-corrected chi connectivity index (χ3v) is 5.72. The molecule has 0 spiro atoms. The second-order valence-corrected chi connectivity index (χ2v) is 8.22. The summed E-state index contributed by atoms with van der Waals surface area (Å²) in [6.07, 6.45) is 1.71. The van der Waals surface area contributed by atoms with Crippen molar-refractivity contribution in [3.05, 3.63) is 108 Å². The summed E-state index contributed by atoms with van der Waals surface area (Å²) in [6.45, 7) is 1.17. The number of benzene rings is 4. The van der Waals surface area contributed by atoms with Gasteiger partial charge in [-0.3, -0.25) is 0 Å². The maximum Gasteiger partial charge on any atom is 0.335 e. The number of hydrogen-bond donors (Lipinski definition) is 2.